The monoisotopic (exact) mass is 212 g/mol. The summed E-state index contributed by atoms with van der Waals surface area (Å²) in [6, 6.07) is 0.543. The molecule has 1 unspecified atom stereocenters. The van der Waals surface area contributed by atoms with E-state index in [1.54, 1.807) is 0 Å². The Labute approximate surface area is 90.9 Å². The number of aliphatic imine (C=N–C) groups is 1. The van der Waals surface area contributed by atoms with E-state index in [1.165, 1.54) is 30.2 Å². The molecule has 0 aromatic heterocycles. The number of rotatable bonds is 2. The summed E-state index contributed by atoms with van der Waals surface area (Å²) >= 11 is 1.89. The molecule has 1 heterocycles. The van der Waals surface area contributed by atoms with E-state index in [0.717, 1.165) is 0 Å². The summed E-state index contributed by atoms with van der Waals surface area (Å²) in [6.45, 7) is 6.82. The molecule has 1 saturated carbocycles. The van der Waals surface area contributed by atoms with Gasteiger partial charge in [-0.2, -0.15) is 0 Å². The highest BCUT2D eigenvalue weighted by Gasteiger charge is 2.38. The second-order valence-electron chi connectivity index (χ2n) is 5.07. The third-order valence-corrected chi connectivity index (χ3v) is 4.03. The molecular weight excluding hydrogens is 192 g/mol. The van der Waals surface area contributed by atoms with Crippen molar-refractivity contribution in [1.82, 2.24) is 5.32 Å². The van der Waals surface area contributed by atoms with E-state index in [0.29, 0.717) is 17.5 Å². The van der Waals surface area contributed by atoms with Crippen LogP contribution in [-0.2, 0) is 0 Å². The molecule has 1 aliphatic carbocycles. The minimum Gasteiger partial charge on any atom is -0.360 e. The van der Waals surface area contributed by atoms with E-state index < -0.39 is 0 Å². The Balaban J connectivity index is 1.96. The van der Waals surface area contributed by atoms with Crippen molar-refractivity contribution in [2.75, 3.05) is 5.75 Å². The van der Waals surface area contributed by atoms with E-state index in [-0.39, 0.29) is 0 Å². The Morgan fingerprint density at radius 2 is 2.21 bits per heavy atom. The predicted molar refractivity (Wildman–Crippen MR) is 63.9 cm³/mol. The van der Waals surface area contributed by atoms with Gasteiger partial charge in [0.05, 0.1) is 6.04 Å². The van der Waals surface area contributed by atoms with Gasteiger partial charge < -0.3 is 5.32 Å². The quantitative estimate of drug-likeness (QED) is 0.761. The molecule has 0 aromatic carbocycles. The lowest BCUT2D eigenvalue weighted by molar-refractivity contribution is 0.481. The molecule has 1 atom stereocenters. The Kier molecular flexibility index (Phi) is 2.78. The van der Waals surface area contributed by atoms with E-state index in [9.17, 15) is 0 Å². The molecule has 0 spiro atoms. The van der Waals surface area contributed by atoms with Gasteiger partial charge in [0.15, 0.2) is 5.17 Å². The van der Waals surface area contributed by atoms with E-state index >= 15 is 0 Å². The average Bonchev–Trinajstić information content (AvgIpc) is 2.83. The number of hydrogen-bond donors (Lipinski definition) is 1. The van der Waals surface area contributed by atoms with Gasteiger partial charge in [0, 0.05) is 11.3 Å². The fraction of sp³-hybridized carbons (Fsp3) is 0.909. The van der Waals surface area contributed by atoms with Crippen molar-refractivity contribution in [3.63, 3.8) is 0 Å². The van der Waals surface area contributed by atoms with Gasteiger partial charge in [-0.15, -0.1) is 0 Å². The van der Waals surface area contributed by atoms with Crippen LogP contribution in [0.3, 0.4) is 0 Å². The van der Waals surface area contributed by atoms with Gasteiger partial charge in [-0.25, -0.2) is 0 Å². The summed E-state index contributed by atoms with van der Waals surface area (Å²) in [5, 5.41) is 4.76. The molecule has 0 bridgehead atoms. The van der Waals surface area contributed by atoms with Crippen molar-refractivity contribution in [2.24, 2.45) is 10.9 Å². The summed E-state index contributed by atoms with van der Waals surface area (Å²) in [5.74, 6) is 1.91. The van der Waals surface area contributed by atoms with Crippen molar-refractivity contribution in [2.45, 2.75) is 51.6 Å². The maximum absolute atomic E-state index is 4.78. The zero-order valence-electron chi connectivity index (χ0n) is 9.34. The van der Waals surface area contributed by atoms with Crippen LogP contribution in [0, 0.1) is 5.92 Å². The van der Waals surface area contributed by atoms with Crippen LogP contribution in [0.2, 0.25) is 0 Å². The molecular formula is C11H20N2S. The highest BCUT2D eigenvalue weighted by Crippen LogP contribution is 2.35. The first-order valence-electron chi connectivity index (χ1n) is 5.58. The van der Waals surface area contributed by atoms with E-state index in [2.05, 4.69) is 26.1 Å². The number of amidine groups is 1. The van der Waals surface area contributed by atoms with Crippen LogP contribution in [0.25, 0.3) is 0 Å². The number of thioether (sulfide) groups is 1. The topological polar surface area (TPSA) is 24.4 Å². The van der Waals surface area contributed by atoms with Crippen molar-refractivity contribution < 1.29 is 0 Å². The second-order valence-corrected chi connectivity index (χ2v) is 6.15. The van der Waals surface area contributed by atoms with Crippen molar-refractivity contribution in [1.29, 1.82) is 0 Å². The summed E-state index contributed by atoms with van der Waals surface area (Å²) in [7, 11) is 0. The molecule has 1 aliphatic heterocycles. The van der Waals surface area contributed by atoms with Gasteiger partial charge in [0.25, 0.3) is 0 Å². The van der Waals surface area contributed by atoms with Crippen LogP contribution in [0.4, 0.5) is 0 Å². The van der Waals surface area contributed by atoms with Crippen LogP contribution in [0.15, 0.2) is 4.99 Å². The van der Waals surface area contributed by atoms with Gasteiger partial charge >= 0.3 is 0 Å². The molecule has 0 amide bonds. The molecule has 1 fully saturated rings. The Morgan fingerprint density at radius 3 is 2.79 bits per heavy atom. The van der Waals surface area contributed by atoms with Gasteiger partial charge in [0.1, 0.15) is 0 Å². The van der Waals surface area contributed by atoms with Gasteiger partial charge in [0.2, 0.25) is 0 Å². The van der Waals surface area contributed by atoms with Gasteiger partial charge in [-0.3, -0.25) is 4.99 Å². The molecule has 80 valence electrons. The van der Waals surface area contributed by atoms with Gasteiger partial charge in [-0.1, -0.05) is 25.6 Å². The standard InChI is InChI=1S/C11H20N2S/c1-8(2)9-4-7-14-10(12-9)13-11(3)5-6-11/h8-9H,4-7H2,1-3H3,(H,12,13). The highest BCUT2D eigenvalue weighted by atomic mass is 32.2. The normalized spacial score (nSPS) is 30.0. The van der Waals surface area contributed by atoms with Crippen LogP contribution >= 0.6 is 11.8 Å². The molecule has 0 radical (unpaired) electrons. The molecule has 14 heavy (non-hydrogen) atoms. The molecule has 2 aliphatic rings. The van der Waals surface area contributed by atoms with Crippen LogP contribution < -0.4 is 5.32 Å². The lowest BCUT2D eigenvalue weighted by Gasteiger charge is -2.25. The zero-order chi connectivity index (χ0) is 10.2. The zero-order valence-corrected chi connectivity index (χ0v) is 10.2. The van der Waals surface area contributed by atoms with Crippen LogP contribution in [-0.4, -0.2) is 22.5 Å². The fourth-order valence-electron chi connectivity index (χ4n) is 1.65. The molecule has 1 N–H and O–H groups in total. The first-order chi connectivity index (χ1) is 6.59. The van der Waals surface area contributed by atoms with E-state index in [4.69, 9.17) is 4.99 Å². The number of hydrogen-bond acceptors (Lipinski definition) is 3. The summed E-state index contributed by atoms with van der Waals surface area (Å²) in [4.78, 5) is 4.78. The first-order valence-corrected chi connectivity index (χ1v) is 6.56. The maximum atomic E-state index is 4.78. The molecule has 2 nitrogen and oxygen atoms in total. The van der Waals surface area contributed by atoms with Gasteiger partial charge in [-0.05, 0) is 32.1 Å². The smallest absolute Gasteiger partial charge is 0.157 e. The Hall–Kier alpha value is -0.180. The fourth-order valence-corrected chi connectivity index (χ4v) is 2.73. The Morgan fingerprint density at radius 1 is 1.50 bits per heavy atom. The van der Waals surface area contributed by atoms with E-state index in [1.807, 2.05) is 11.8 Å². The van der Waals surface area contributed by atoms with Crippen LogP contribution in [0.1, 0.15) is 40.0 Å². The van der Waals surface area contributed by atoms with Crippen molar-refractivity contribution in [3.05, 3.63) is 0 Å². The third-order valence-electron chi connectivity index (χ3n) is 3.11. The largest absolute Gasteiger partial charge is 0.360 e. The van der Waals surface area contributed by atoms with Crippen molar-refractivity contribution in [3.8, 4) is 0 Å². The predicted octanol–water partition coefficient (Wildman–Crippen LogP) is 2.65. The Bertz CT molecular complexity index is 244. The highest BCUT2D eigenvalue weighted by molar-refractivity contribution is 8.13. The molecule has 3 heteroatoms. The second kappa shape index (κ2) is 3.76. The number of nitrogens with zero attached hydrogens (tertiary/aromatic N) is 1. The first kappa shape index (κ1) is 10.3. The third kappa shape index (κ3) is 2.44. The molecule has 0 saturated heterocycles. The minimum absolute atomic E-state index is 0.380. The lowest BCUT2D eigenvalue weighted by atomic mass is 10.0. The summed E-state index contributed by atoms with van der Waals surface area (Å²) in [6.07, 6.45) is 3.85. The lowest BCUT2D eigenvalue weighted by Crippen LogP contribution is -2.36. The summed E-state index contributed by atoms with van der Waals surface area (Å²) < 4.78 is 0. The SMILES string of the molecule is CC(C)C1CCSC(NC2(C)CC2)=N1. The minimum atomic E-state index is 0.380. The number of nitrogens with one attached hydrogen (secondary N) is 1. The molecule has 2 rings (SSSR count). The average molecular weight is 212 g/mol. The maximum Gasteiger partial charge on any atom is 0.157 e. The summed E-state index contributed by atoms with van der Waals surface area (Å²) in [5.41, 5.74) is 0.380. The molecule has 0 aromatic rings. The van der Waals surface area contributed by atoms with Crippen LogP contribution in [0.5, 0.6) is 0 Å². The van der Waals surface area contributed by atoms with Crippen molar-refractivity contribution >= 4 is 16.9 Å².